The molecule has 1 aromatic heterocycles. The predicted molar refractivity (Wildman–Crippen MR) is 178 cm³/mol. The first kappa shape index (κ1) is 32.7. The van der Waals surface area contributed by atoms with Crippen LogP contribution < -0.4 is 10.1 Å². The van der Waals surface area contributed by atoms with E-state index >= 15 is 0 Å². The van der Waals surface area contributed by atoms with Gasteiger partial charge in [0.2, 0.25) is 0 Å². The second-order valence-electron chi connectivity index (χ2n) is 11.1. The summed E-state index contributed by atoms with van der Waals surface area (Å²) in [6.45, 7) is 1.16. The van der Waals surface area contributed by atoms with E-state index in [1.807, 2.05) is 30.3 Å². The Labute approximate surface area is 274 Å². The van der Waals surface area contributed by atoms with Gasteiger partial charge >= 0.3 is 6.18 Å². The monoisotopic (exact) mass is 670 g/mol. The van der Waals surface area contributed by atoms with Crippen LogP contribution in [0.2, 0.25) is 0 Å². The second kappa shape index (κ2) is 13.1. The molecule has 48 heavy (non-hydrogen) atoms. The molecule has 5 aromatic carbocycles. The van der Waals surface area contributed by atoms with Crippen molar-refractivity contribution in [3.63, 3.8) is 0 Å². The van der Waals surface area contributed by atoms with Gasteiger partial charge in [-0.2, -0.15) is 13.2 Å². The zero-order valence-electron chi connectivity index (χ0n) is 25.5. The predicted octanol–water partition coefficient (Wildman–Crippen LogP) is 8.12. The van der Waals surface area contributed by atoms with Gasteiger partial charge in [-0.15, -0.1) is 0 Å². The van der Waals surface area contributed by atoms with E-state index in [9.17, 15) is 31.5 Å². The highest BCUT2D eigenvalue weighted by molar-refractivity contribution is 7.91. The van der Waals surface area contributed by atoms with Crippen molar-refractivity contribution < 1.29 is 36.2 Å². The van der Waals surface area contributed by atoms with Gasteiger partial charge in [0.1, 0.15) is 11.5 Å². The number of aromatic nitrogens is 1. The molecule has 6 rings (SSSR count). The number of hydrogen-bond donors (Lipinski definition) is 2. The third kappa shape index (κ3) is 6.87. The number of rotatable bonds is 9. The lowest BCUT2D eigenvalue weighted by atomic mass is 9.97. The number of aliphatic hydroxyl groups excluding tert-OH is 1. The zero-order valence-corrected chi connectivity index (χ0v) is 26.3. The van der Waals surface area contributed by atoms with E-state index in [0.717, 1.165) is 39.5 Å². The van der Waals surface area contributed by atoms with Crippen LogP contribution in [0.25, 0.3) is 32.9 Å². The van der Waals surface area contributed by atoms with Crippen LogP contribution in [0, 0.1) is 0 Å². The number of para-hydroxylation sites is 1. The number of nitrogens with one attached hydrogen (secondary N) is 1. The number of carbonyl (C=O) groups is 1. The standard InChI is InChI=1S/C37H29F3N2O5S/c1-2-48(45,46)30-17-11-24(12-18-30)35(22-43)42-36(44)25-9-7-23(8-10-25)31-20-29(47-28-15-13-27(14-16-28)37(38,39)40)21-34-32(31)19-26-5-3-4-6-33(26)41-34/h3-21,35,43H,2,22H2,1H3,(H,42,44). The molecule has 7 nitrogen and oxygen atoms in total. The van der Waals surface area contributed by atoms with Crippen molar-refractivity contribution in [3.05, 3.63) is 132 Å². The molecule has 0 aliphatic rings. The Bertz CT molecular complexity index is 2220. The van der Waals surface area contributed by atoms with Gasteiger partial charge in [-0.25, -0.2) is 13.4 Å². The van der Waals surface area contributed by atoms with Crippen molar-refractivity contribution in [3.8, 4) is 22.6 Å². The fourth-order valence-corrected chi connectivity index (χ4v) is 6.23. The maximum absolute atomic E-state index is 13.2. The third-order valence-corrected chi connectivity index (χ3v) is 9.74. The van der Waals surface area contributed by atoms with Crippen LogP contribution in [0.3, 0.4) is 0 Å². The number of nitrogens with zero attached hydrogens (tertiary/aromatic N) is 1. The second-order valence-corrected chi connectivity index (χ2v) is 13.4. The first-order chi connectivity index (χ1) is 22.9. The molecule has 6 aromatic rings. The van der Waals surface area contributed by atoms with Crippen LogP contribution >= 0.6 is 0 Å². The van der Waals surface area contributed by atoms with Crippen LogP contribution in [-0.2, 0) is 16.0 Å². The van der Waals surface area contributed by atoms with E-state index in [1.54, 1.807) is 55.5 Å². The molecule has 0 fully saturated rings. The molecule has 1 atom stereocenters. The fourth-order valence-electron chi connectivity index (χ4n) is 5.35. The Morgan fingerprint density at radius 3 is 2.19 bits per heavy atom. The van der Waals surface area contributed by atoms with Crippen LogP contribution in [-0.4, -0.2) is 36.8 Å². The molecule has 1 amide bonds. The minimum atomic E-state index is -4.47. The van der Waals surface area contributed by atoms with Crippen molar-refractivity contribution in [1.82, 2.24) is 10.3 Å². The Hall–Kier alpha value is -5.26. The van der Waals surface area contributed by atoms with E-state index in [2.05, 4.69) is 5.32 Å². The smallest absolute Gasteiger partial charge is 0.416 e. The molecule has 0 aliphatic heterocycles. The molecule has 0 bridgehead atoms. The van der Waals surface area contributed by atoms with Gasteiger partial charge in [-0.1, -0.05) is 49.4 Å². The van der Waals surface area contributed by atoms with Gasteiger partial charge in [-0.05, 0) is 83.4 Å². The fraction of sp³-hybridized carbons (Fsp3) is 0.135. The SMILES string of the molecule is CCS(=O)(=O)c1ccc(C(CO)NC(=O)c2ccc(-c3cc(Oc4ccc(C(F)(F)F)cc4)cc4nc5ccccc5cc34)cc2)cc1. The number of pyridine rings is 1. The first-order valence-corrected chi connectivity index (χ1v) is 16.6. The highest BCUT2D eigenvalue weighted by atomic mass is 32.2. The summed E-state index contributed by atoms with van der Waals surface area (Å²) in [5.74, 6) is 0.108. The number of sulfone groups is 1. The first-order valence-electron chi connectivity index (χ1n) is 15.0. The lowest BCUT2D eigenvalue weighted by Gasteiger charge is -2.17. The minimum absolute atomic E-state index is 0.0398. The summed E-state index contributed by atoms with van der Waals surface area (Å²) in [5, 5.41) is 14.5. The molecule has 0 radical (unpaired) electrons. The summed E-state index contributed by atoms with van der Waals surface area (Å²) >= 11 is 0. The number of ether oxygens (including phenoxy) is 1. The highest BCUT2D eigenvalue weighted by Crippen LogP contribution is 2.37. The lowest BCUT2D eigenvalue weighted by Crippen LogP contribution is -2.30. The quantitative estimate of drug-likeness (QED) is 0.151. The molecule has 0 saturated carbocycles. The van der Waals surface area contributed by atoms with Gasteiger partial charge in [-0.3, -0.25) is 4.79 Å². The van der Waals surface area contributed by atoms with E-state index in [0.29, 0.717) is 22.4 Å². The molecular formula is C37H29F3N2O5S. The van der Waals surface area contributed by atoms with Gasteiger partial charge in [0, 0.05) is 22.4 Å². The Balaban J connectivity index is 1.30. The Kier molecular flexibility index (Phi) is 8.91. The van der Waals surface area contributed by atoms with Crippen LogP contribution in [0.15, 0.2) is 120 Å². The Morgan fingerprint density at radius 1 is 0.854 bits per heavy atom. The number of carbonyl (C=O) groups excluding carboxylic acids is 1. The maximum Gasteiger partial charge on any atom is 0.416 e. The van der Waals surface area contributed by atoms with E-state index in [-0.39, 0.29) is 16.4 Å². The van der Waals surface area contributed by atoms with Crippen molar-refractivity contribution >= 4 is 37.6 Å². The molecule has 1 unspecified atom stereocenters. The number of alkyl halides is 3. The third-order valence-electron chi connectivity index (χ3n) is 7.99. The lowest BCUT2D eigenvalue weighted by molar-refractivity contribution is -0.137. The topological polar surface area (TPSA) is 106 Å². The largest absolute Gasteiger partial charge is 0.457 e. The molecule has 0 saturated heterocycles. The van der Waals surface area contributed by atoms with Crippen LogP contribution in [0.1, 0.15) is 34.5 Å². The Morgan fingerprint density at radius 2 is 1.54 bits per heavy atom. The summed E-state index contributed by atoms with van der Waals surface area (Å²) in [5.41, 5.74) is 2.93. The van der Waals surface area contributed by atoms with E-state index < -0.39 is 40.1 Å². The summed E-state index contributed by atoms with van der Waals surface area (Å²) < 4.78 is 69.5. The van der Waals surface area contributed by atoms with Gasteiger partial charge < -0.3 is 15.2 Å². The van der Waals surface area contributed by atoms with Crippen molar-refractivity contribution in [2.75, 3.05) is 12.4 Å². The van der Waals surface area contributed by atoms with Gasteiger partial charge in [0.05, 0.1) is 39.9 Å². The summed E-state index contributed by atoms with van der Waals surface area (Å²) in [7, 11) is -3.39. The van der Waals surface area contributed by atoms with Crippen molar-refractivity contribution in [1.29, 1.82) is 0 Å². The molecular weight excluding hydrogens is 641 g/mol. The maximum atomic E-state index is 13.2. The average molecular weight is 671 g/mol. The molecule has 0 spiro atoms. The molecule has 244 valence electrons. The number of hydrogen-bond acceptors (Lipinski definition) is 6. The normalized spacial score (nSPS) is 12.6. The number of amides is 1. The number of benzene rings is 5. The summed E-state index contributed by atoms with van der Waals surface area (Å²) in [6.07, 6.45) is -4.47. The van der Waals surface area contributed by atoms with Crippen molar-refractivity contribution in [2.24, 2.45) is 0 Å². The molecule has 11 heteroatoms. The minimum Gasteiger partial charge on any atom is -0.457 e. The van der Waals surface area contributed by atoms with E-state index in [1.165, 1.54) is 24.3 Å². The molecule has 0 aliphatic carbocycles. The van der Waals surface area contributed by atoms with Crippen LogP contribution in [0.4, 0.5) is 13.2 Å². The van der Waals surface area contributed by atoms with Gasteiger partial charge in [0.15, 0.2) is 9.84 Å². The highest BCUT2D eigenvalue weighted by Gasteiger charge is 2.30. The van der Waals surface area contributed by atoms with E-state index in [4.69, 9.17) is 9.72 Å². The summed E-state index contributed by atoms with van der Waals surface area (Å²) in [6, 6.07) is 29.6. The van der Waals surface area contributed by atoms with Crippen LogP contribution in [0.5, 0.6) is 11.5 Å². The summed E-state index contributed by atoms with van der Waals surface area (Å²) in [4.78, 5) is 18.2. The number of aliphatic hydroxyl groups is 1. The molecule has 1 heterocycles. The average Bonchev–Trinajstić information content (AvgIpc) is 3.09. The molecule has 2 N–H and O–H groups in total. The van der Waals surface area contributed by atoms with Crippen molar-refractivity contribution in [2.45, 2.75) is 24.0 Å². The number of halogens is 3. The zero-order chi connectivity index (χ0) is 34.1. The number of fused-ring (bicyclic) bond motifs is 2. The van der Waals surface area contributed by atoms with Gasteiger partial charge in [0.25, 0.3) is 5.91 Å².